The second-order valence-corrected chi connectivity index (χ2v) is 5.27. The molecule has 0 spiro atoms. The molecule has 2 heterocycles. The van der Waals surface area contributed by atoms with E-state index in [1.807, 2.05) is 6.92 Å². The minimum absolute atomic E-state index is 0.0203. The predicted molar refractivity (Wildman–Crippen MR) is 77.8 cm³/mol. The third-order valence-electron chi connectivity index (χ3n) is 3.16. The first kappa shape index (κ1) is 15.0. The van der Waals surface area contributed by atoms with Crippen molar-refractivity contribution in [1.82, 2.24) is 15.2 Å². The fraction of sp³-hybridized carbons (Fsp3) is 0.538. The Bertz CT molecular complexity index is 477. The number of nitrogens with one attached hydrogen (secondary N) is 1. The van der Waals surface area contributed by atoms with E-state index in [2.05, 4.69) is 15.2 Å². The van der Waals surface area contributed by atoms with Crippen LogP contribution in [-0.4, -0.2) is 54.7 Å². The van der Waals surface area contributed by atoms with Gasteiger partial charge in [0.25, 0.3) is 5.91 Å². The van der Waals surface area contributed by atoms with Crippen LogP contribution in [0.4, 0.5) is 5.69 Å². The first-order valence-electron chi connectivity index (χ1n) is 6.58. The molecule has 1 unspecified atom stereocenters. The third kappa shape index (κ3) is 4.06. The number of morpholine rings is 1. The number of aromatic nitrogens is 1. The van der Waals surface area contributed by atoms with Crippen LogP contribution in [0.1, 0.15) is 17.3 Å². The van der Waals surface area contributed by atoms with Gasteiger partial charge in [0.2, 0.25) is 0 Å². The van der Waals surface area contributed by atoms with Gasteiger partial charge in [-0.05, 0) is 13.0 Å². The molecule has 3 N–H and O–H groups in total. The predicted octanol–water partition coefficient (Wildman–Crippen LogP) is 0.768. The molecule has 1 aliphatic rings. The molecule has 7 heteroatoms. The SMILES string of the molecule is CC(CN1CCOCC1)NC(=O)c1cc(Cl)ncc1N. The minimum Gasteiger partial charge on any atom is -0.397 e. The van der Waals surface area contributed by atoms with Crippen LogP contribution in [0.2, 0.25) is 5.15 Å². The highest BCUT2D eigenvalue weighted by atomic mass is 35.5. The van der Waals surface area contributed by atoms with Crippen molar-refractivity contribution in [3.63, 3.8) is 0 Å². The van der Waals surface area contributed by atoms with Crippen molar-refractivity contribution in [2.24, 2.45) is 0 Å². The lowest BCUT2D eigenvalue weighted by Gasteiger charge is -2.29. The molecule has 1 amide bonds. The molecular weight excluding hydrogens is 280 g/mol. The second kappa shape index (κ2) is 6.88. The van der Waals surface area contributed by atoms with E-state index in [0.717, 1.165) is 32.8 Å². The number of nitrogens with zero attached hydrogens (tertiary/aromatic N) is 2. The Morgan fingerprint density at radius 1 is 1.60 bits per heavy atom. The molecule has 1 aliphatic heterocycles. The number of halogens is 1. The summed E-state index contributed by atoms with van der Waals surface area (Å²) in [4.78, 5) is 18.2. The summed E-state index contributed by atoms with van der Waals surface area (Å²) < 4.78 is 5.29. The van der Waals surface area contributed by atoms with E-state index in [0.29, 0.717) is 11.3 Å². The van der Waals surface area contributed by atoms with Gasteiger partial charge in [-0.2, -0.15) is 0 Å². The Kier molecular flexibility index (Phi) is 5.17. The molecule has 0 radical (unpaired) electrons. The molecule has 1 saturated heterocycles. The molecule has 2 rings (SSSR count). The van der Waals surface area contributed by atoms with Crippen molar-refractivity contribution in [2.45, 2.75) is 13.0 Å². The zero-order valence-corrected chi connectivity index (χ0v) is 12.2. The second-order valence-electron chi connectivity index (χ2n) is 4.88. The number of pyridine rings is 1. The number of carbonyl (C=O) groups is 1. The monoisotopic (exact) mass is 298 g/mol. The van der Waals surface area contributed by atoms with E-state index in [4.69, 9.17) is 22.1 Å². The molecule has 0 saturated carbocycles. The van der Waals surface area contributed by atoms with Crippen molar-refractivity contribution in [1.29, 1.82) is 0 Å². The van der Waals surface area contributed by atoms with Crippen molar-refractivity contribution in [3.05, 3.63) is 23.0 Å². The van der Waals surface area contributed by atoms with E-state index < -0.39 is 0 Å². The van der Waals surface area contributed by atoms with E-state index in [-0.39, 0.29) is 17.1 Å². The number of hydrogen-bond donors (Lipinski definition) is 2. The lowest BCUT2D eigenvalue weighted by Crippen LogP contribution is -2.46. The quantitative estimate of drug-likeness (QED) is 0.803. The van der Waals surface area contributed by atoms with Gasteiger partial charge in [0.15, 0.2) is 0 Å². The van der Waals surface area contributed by atoms with Gasteiger partial charge < -0.3 is 15.8 Å². The standard InChI is InChI=1S/C13H19ClN4O2/c1-9(8-18-2-4-20-5-3-18)17-13(19)10-6-12(14)16-7-11(10)15/h6-7,9H,2-5,8,15H2,1H3,(H,17,19). The maximum Gasteiger partial charge on any atom is 0.253 e. The van der Waals surface area contributed by atoms with Crippen molar-refractivity contribution >= 4 is 23.2 Å². The van der Waals surface area contributed by atoms with Gasteiger partial charge in [-0.3, -0.25) is 9.69 Å². The Morgan fingerprint density at radius 3 is 3.00 bits per heavy atom. The number of ether oxygens (including phenoxy) is 1. The highest BCUT2D eigenvalue weighted by molar-refractivity contribution is 6.29. The third-order valence-corrected chi connectivity index (χ3v) is 3.37. The molecule has 1 aromatic rings. The van der Waals surface area contributed by atoms with Crippen LogP contribution < -0.4 is 11.1 Å². The molecular formula is C13H19ClN4O2. The fourth-order valence-electron chi connectivity index (χ4n) is 2.16. The number of rotatable bonds is 4. The van der Waals surface area contributed by atoms with Crippen molar-refractivity contribution in [3.8, 4) is 0 Å². The van der Waals surface area contributed by atoms with E-state index >= 15 is 0 Å². The Labute approximate surface area is 123 Å². The first-order chi connectivity index (χ1) is 9.56. The van der Waals surface area contributed by atoms with Crippen LogP contribution in [0.3, 0.4) is 0 Å². The Balaban J connectivity index is 1.91. The van der Waals surface area contributed by atoms with Gasteiger partial charge in [-0.1, -0.05) is 11.6 Å². The summed E-state index contributed by atoms with van der Waals surface area (Å²) in [5, 5.41) is 3.18. The Morgan fingerprint density at radius 2 is 2.30 bits per heavy atom. The number of nitrogens with two attached hydrogens (primary N) is 1. The smallest absolute Gasteiger partial charge is 0.253 e. The highest BCUT2D eigenvalue weighted by Crippen LogP contribution is 2.15. The highest BCUT2D eigenvalue weighted by Gasteiger charge is 2.17. The molecule has 6 nitrogen and oxygen atoms in total. The van der Waals surface area contributed by atoms with E-state index in [1.165, 1.54) is 12.3 Å². The molecule has 0 aromatic carbocycles. The molecule has 110 valence electrons. The summed E-state index contributed by atoms with van der Waals surface area (Å²) in [5.74, 6) is -0.229. The number of carbonyl (C=O) groups excluding carboxylic acids is 1. The molecule has 1 fully saturated rings. The number of nitrogen functional groups attached to an aromatic ring is 1. The molecule has 1 atom stereocenters. The topological polar surface area (TPSA) is 80.5 Å². The van der Waals surface area contributed by atoms with Gasteiger partial charge in [0.1, 0.15) is 5.15 Å². The zero-order chi connectivity index (χ0) is 14.5. The zero-order valence-electron chi connectivity index (χ0n) is 11.4. The van der Waals surface area contributed by atoms with Gasteiger partial charge in [-0.25, -0.2) is 4.98 Å². The largest absolute Gasteiger partial charge is 0.397 e. The van der Waals surface area contributed by atoms with Crippen LogP contribution in [0, 0.1) is 0 Å². The lowest BCUT2D eigenvalue weighted by atomic mass is 10.2. The summed E-state index contributed by atoms with van der Waals surface area (Å²) in [7, 11) is 0. The number of anilines is 1. The minimum atomic E-state index is -0.229. The van der Waals surface area contributed by atoms with Crippen molar-refractivity contribution in [2.75, 3.05) is 38.6 Å². The maximum atomic E-state index is 12.1. The number of hydrogen-bond acceptors (Lipinski definition) is 5. The summed E-state index contributed by atoms with van der Waals surface area (Å²) in [6.45, 7) is 6.02. The summed E-state index contributed by atoms with van der Waals surface area (Å²) in [6.07, 6.45) is 1.39. The first-order valence-corrected chi connectivity index (χ1v) is 6.96. The molecule has 20 heavy (non-hydrogen) atoms. The van der Waals surface area contributed by atoms with Crippen LogP contribution in [-0.2, 0) is 4.74 Å². The van der Waals surface area contributed by atoms with E-state index in [9.17, 15) is 4.79 Å². The van der Waals surface area contributed by atoms with Crippen molar-refractivity contribution < 1.29 is 9.53 Å². The molecule has 1 aromatic heterocycles. The lowest BCUT2D eigenvalue weighted by molar-refractivity contribution is 0.0342. The summed E-state index contributed by atoms with van der Waals surface area (Å²) in [5.41, 5.74) is 6.43. The van der Waals surface area contributed by atoms with Crippen LogP contribution in [0.25, 0.3) is 0 Å². The van der Waals surface area contributed by atoms with Gasteiger partial charge >= 0.3 is 0 Å². The van der Waals surface area contributed by atoms with E-state index in [1.54, 1.807) is 0 Å². The van der Waals surface area contributed by atoms with Gasteiger partial charge in [0.05, 0.1) is 30.7 Å². The van der Waals surface area contributed by atoms with Crippen LogP contribution in [0.15, 0.2) is 12.3 Å². The fourth-order valence-corrected chi connectivity index (χ4v) is 2.31. The van der Waals surface area contributed by atoms with Gasteiger partial charge in [-0.15, -0.1) is 0 Å². The normalized spacial score (nSPS) is 17.7. The Hall–Kier alpha value is -1.37. The number of amides is 1. The summed E-state index contributed by atoms with van der Waals surface area (Å²) in [6, 6.07) is 1.50. The summed E-state index contributed by atoms with van der Waals surface area (Å²) >= 11 is 5.78. The molecule has 0 bridgehead atoms. The average molecular weight is 299 g/mol. The average Bonchev–Trinajstić information content (AvgIpc) is 2.42. The van der Waals surface area contributed by atoms with Crippen LogP contribution >= 0.6 is 11.6 Å². The van der Waals surface area contributed by atoms with Crippen LogP contribution in [0.5, 0.6) is 0 Å². The van der Waals surface area contributed by atoms with Gasteiger partial charge in [0, 0.05) is 25.7 Å². The maximum absolute atomic E-state index is 12.1. The molecule has 0 aliphatic carbocycles.